The average Bonchev–Trinajstić information content (AvgIpc) is 3.59. The number of methoxy groups -OCH3 is 1. The third-order valence-corrected chi connectivity index (χ3v) is 6.92. The fourth-order valence-corrected chi connectivity index (χ4v) is 5.15. The summed E-state index contributed by atoms with van der Waals surface area (Å²) >= 11 is 1.45. The van der Waals surface area contributed by atoms with Crippen LogP contribution in [0.5, 0.6) is 5.75 Å². The fraction of sp³-hybridized carbons (Fsp3) is 0.179. The molecule has 7 nitrogen and oxygen atoms in total. The molecule has 37 heavy (non-hydrogen) atoms. The van der Waals surface area contributed by atoms with Gasteiger partial charge in [0.2, 0.25) is 0 Å². The molecule has 9 heteroatoms. The lowest BCUT2D eigenvalue weighted by atomic mass is 10.1. The second-order valence-electron chi connectivity index (χ2n) is 8.36. The molecule has 0 saturated carbocycles. The normalized spacial score (nSPS) is 10.6. The Morgan fingerprint density at radius 3 is 2.54 bits per heavy atom. The lowest BCUT2D eigenvalue weighted by Gasteiger charge is -2.25. The van der Waals surface area contributed by atoms with Crippen LogP contribution in [-0.4, -0.2) is 34.2 Å². The number of carbonyl (C=O) groups is 1. The van der Waals surface area contributed by atoms with Gasteiger partial charge >= 0.3 is 0 Å². The van der Waals surface area contributed by atoms with E-state index in [1.54, 1.807) is 19.6 Å². The van der Waals surface area contributed by atoms with Crippen molar-refractivity contribution in [2.24, 2.45) is 0 Å². The number of imidazole rings is 1. The Labute approximate surface area is 226 Å². The Bertz CT molecular complexity index is 1450. The Morgan fingerprint density at radius 2 is 1.86 bits per heavy atom. The molecular formula is C28H28ClN5O2S. The quantitative estimate of drug-likeness (QED) is 0.238. The number of aromatic nitrogens is 3. The molecule has 190 valence electrons. The zero-order valence-corrected chi connectivity index (χ0v) is 22.3. The van der Waals surface area contributed by atoms with E-state index in [2.05, 4.69) is 39.4 Å². The average molecular weight is 534 g/mol. The van der Waals surface area contributed by atoms with Crippen molar-refractivity contribution in [3.63, 3.8) is 0 Å². The number of fused-ring (bicyclic) bond motifs is 1. The minimum atomic E-state index is -0.194. The molecule has 0 atom stereocenters. The van der Waals surface area contributed by atoms with Gasteiger partial charge in [-0.1, -0.05) is 60.7 Å². The highest BCUT2D eigenvalue weighted by atomic mass is 35.5. The van der Waals surface area contributed by atoms with Crippen LogP contribution in [0.2, 0.25) is 0 Å². The predicted molar refractivity (Wildman–Crippen MR) is 153 cm³/mol. The van der Waals surface area contributed by atoms with Crippen LogP contribution in [0.4, 0.5) is 5.13 Å². The smallest absolute Gasteiger partial charge is 0.257 e. The number of nitrogens with one attached hydrogen (secondary N) is 1. The second-order valence-corrected chi connectivity index (χ2v) is 9.36. The molecule has 0 saturated heterocycles. The van der Waals surface area contributed by atoms with Crippen LogP contribution in [-0.2, 0) is 6.54 Å². The van der Waals surface area contributed by atoms with Gasteiger partial charge in [-0.2, -0.15) is 0 Å². The number of amides is 1. The highest BCUT2D eigenvalue weighted by molar-refractivity contribution is 7.23. The van der Waals surface area contributed by atoms with E-state index in [1.165, 1.54) is 11.3 Å². The van der Waals surface area contributed by atoms with Crippen LogP contribution >= 0.6 is 23.7 Å². The lowest BCUT2D eigenvalue weighted by molar-refractivity contribution is 0.102. The van der Waals surface area contributed by atoms with Crippen molar-refractivity contribution >= 4 is 45.0 Å². The summed E-state index contributed by atoms with van der Waals surface area (Å²) < 4.78 is 8.50. The summed E-state index contributed by atoms with van der Waals surface area (Å²) in [5.74, 6) is 0.487. The third kappa shape index (κ3) is 5.76. The summed E-state index contributed by atoms with van der Waals surface area (Å²) in [7, 11) is 1.63. The summed E-state index contributed by atoms with van der Waals surface area (Å²) in [4.78, 5) is 21.9. The first kappa shape index (κ1) is 26.2. The van der Waals surface area contributed by atoms with Gasteiger partial charge in [-0.05, 0) is 41.8 Å². The van der Waals surface area contributed by atoms with Crippen molar-refractivity contribution in [1.29, 1.82) is 0 Å². The monoisotopic (exact) mass is 533 g/mol. The highest BCUT2D eigenvalue weighted by Crippen LogP contribution is 2.39. The molecule has 1 amide bonds. The fourth-order valence-electron chi connectivity index (χ4n) is 4.14. The van der Waals surface area contributed by atoms with Gasteiger partial charge in [0.05, 0.1) is 18.4 Å². The van der Waals surface area contributed by atoms with Crippen LogP contribution in [0, 0.1) is 0 Å². The molecule has 0 spiro atoms. The first-order valence-electron chi connectivity index (χ1n) is 11.8. The van der Waals surface area contributed by atoms with E-state index in [0.29, 0.717) is 16.4 Å². The van der Waals surface area contributed by atoms with Gasteiger partial charge in [-0.3, -0.25) is 14.8 Å². The van der Waals surface area contributed by atoms with E-state index < -0.39 is 0 Å². The van der Waals surface area contributed by atoms with E-state index in [9.17, 15) is 4.79 Å². The van der Waals surface area contributed by atoms with E-state index >= 15 is 0 Å². The number of hydrogen-bond acceptors (Lipinski definition) is 6. The molecule has 5 rings (SSSR count). The molecule has 0 radical (unpaired) electrons. The number of carbonyl (C=O) groups excluding carboxylic acids is 1. The standard InChI is InChI=1S/C28H27N5O2S.ClH/c1-3-16-32(33-17-15-29-19-33)18-20-9-11-22(12-10-20)27(34)31-28-30-25-24(35-2)14-13-23(26(25)36-28)21-7-5-4-6-8-21;/h4-15,17,19H,3,16,18H2,1-2H3,(H,30,31,34);1H. The number of thiazole rings is 1. The number of halogens is 1. The first-order chi connectivity index (χ1) is 17.7. The van der Waals surface area contributed by atoms with Gasteiger partial charge in [0.1, 0.15) is 17.6 Å². The second kappa shape index (κ2) is 11.9. The minimum Gasteiger partial charge on any atom is -0.494 e. The zero-order chi connectivity index (χ0) is 24.9. The summed E-state index contributed by atoms with van der Waals surface area (Å²) in [5, 5.41) is 5.72. The zero-order valence-electron chi connectivity index (χ0n) is 20.6. The van der Waals surface area contributed by atoms with Crippen molar-refractivity contribution in [3.05, 3.63) is 96.6 Å². The summed E-state index contributed by atoms with van der Waals surface area (Å²) in [6, 6.07) is 21.8. The van der Waals surface area contributed by atoms with Gasteiger partial charge < -0.3 is 9.75 Å². The van der Waals surface area contributed by atoms with E-state index in [0.717, 1.165) is 46.4 Å². The molecule has 2 aromatic heterocycles. The van der Waals surface area contributed by atoms with Crippen molar-refractivity contribution in [2.75, 3.05) is 24.0 Å². The maximum atomic E-state index is 13.0. The predicted octanol–water partition coefficient (Wildman–Crippen LogP) is 6.39. The van der Waals surface area contributed by atoms with Gasteiger partial charge in [0.15, 0.2) is 5.13 Å². The Hall–Kier alpha value is -3.88. The number of ether oxygens (including phenoxy) is 1. The van der Waals surface area contributed by atoms with Gasteiger partial charge in [-0.15, -0.1) is 12.4 Å². The molecule has 0 aliphatic heterocycles. The lowest BCUT2D eigenvalue weighted by Crippen LogP contribution is -2.33. The summed E-state index contributed by atoms with van der Waals surface area (Å²) in [5.41, 5.74) is 4.59. The van der Waals surface area contributed by atoms with E-state index in [-0.39, 0.29) is 18.3 Å². The van der Waals surface area contributed by atoms with Crippen molar-refractivity contribution in [2.45, 2.75) is 19.9 Å². The van der Waals surface area contributed by atoms with Gasteiger partial charge in [0.25, 0.3) is 5.91 Å². The van der Waals surface area contributed by atoms with Crippen molar-refractivity contribution < 1.29 is 9.53 Å². The maximum Gasteiger partial charge on any atom is 0.257 e. The largest absolute Gasteiger partial charge is 0.494 e. The summed E-state index contributed by atoms with van der Waals surface area (Å²) in [6.07, 6.45) is 6.54. The number of hydrogen-bond donors (Lipinski definition) is 1. The first-order valence-corrected chi connectivity index (χ1v) is 12.6. The molecule has 0 bridgehead atoms. The molecule has 3 aromatic carbocycles. The molecule has 0 fully saturated rings. The molecule has 0 aliphatic carbocycles. The Morgan fingerprint density at radius 1 is 1.08 bits per heavy atom. The van der Waals surface area contributed by atoms with E-state index in [1.807, 2.05) is 65.5 Å². The number of nitrogens with zero attached hydrogens (tertiary/aromatic N) is 4. The Balaban J connectivity index is 0.00000320. The minimum absolute atomic E-state index is 0. The molecule has 2 heterocycles. The molecular weight excluding hydrogens is 506 g/mol. The van der Waals surface area contributed by atoms with Crippen molar-refractivity contribution in [3.8, 4) is 16.9 Å². The van der Waals surface area contributed by atoms with Gasteiger partial charge in [-0.25, -0.2) is 9.97 Å². The highest BCUT2D eigenvalue weighted by Gasteiger charge is 2.16. The topological polar surface area (TPSA) is 72.3 Å². The molecule has 0 unspecified atom stereocenters. The number of benzene rings is 3. The van der Waals surface area contributed by atoms with Crippen LogP contribution in [0.1, 0.15) is 29.3 Å². The van der Waals surface area contributed by atoms with Crippen LogP contribution in [0.25, 0.3) is 21.3 Å². The van der Waals surface area contributed by atoms with Gasteiger partial charge in [0, 0.05) is 30.1 Å². The third-order valence-electron chi connectivity index (χ3n) is 5.91. The van der Waals surface area contributed by atoms with Crippen molar-refractivity contribution in [1.82, 2.24) is 14.6 Å². The molecule has 1 N–H and O–H groups in total. The number of anilines is 1. The van der Waals surface area contributed by atoms with E-state index in [4.69, 9.17) is 4.74 Å². The Kier molecular flexibility index (Phi) is 8.43. The van der Waals surface area contributed by atoms with Crippen LogP contribution in [0.3, 0.4) is 0 Å². The molecule has 0 aliphatic rings. The maximum absolute atomic E-state index is 13.0. The van der Waals surface area contributed by atoms with Crippen LogP contribution in [0.15, 0.2) is 85.5 Å². The SMILES string of the molecule is CCCN(Cc1ccc(C(=O)Nc2nc3c(OC)ccc(-c4ccccc4)c3s2)cc1)n1ccnc1.Cl. The summed E-state index contributed by atoms with van der Waals surface area (Å²) in [6.45, 7) is 3.79. The number of rotatable bonds is 9. The molecule has 5 aromatic rings. The van der Waals surface area contributed by atoms with Crippen LogP contribution < -0.4 is 15.1 Å².